The summed E-state index contributed by atoms with van der Waals surface area (Å²) in [6.07, 6.45) is 1.85. The zero-order valence-corrected chi connectivity index (χ0v) is 30.9. The summed E-state index contributed by atoms with van der Waals surface area (Å²) in [6.45, 7) is 4.64. The van der Waals surface area contributed by atoms with Gasteiger partial charge < -0.3 is 4.42 Å². The molecule has 0 spiro atoms. The molecule has 0 bridgehead atoms. The summed E-state index contributed by atoms with van der Waals surface area (Å²) in [5.74, 6) is 1.78. The van der Waals surface area contributed by atoms with Gasteiger partial charge in [-0.15, -0.1) is 0 Å². The Kier molecular flexibility index (Phi) is 7.13. The third-order valence-electron chi connectivity index (χ3n) is 11.4. The normalized spacial score (nSPS) is 13.0. The maximum absolute atomic E-state index is 6.30. The molecular formula is C51H34N4O. The number of benzene rings is 7. The molecule has 1 aliphatic carbocycles. The van der Waals surface area contributed by atoms with Crippen molar-refractivity contribution in [1.82, 2.24) is 19.9 Å². The largest absolute Gasteiger partial charge is 0.456 e. The van der Waals surface area contributed by atoms with Gasteiger partial charge >= 0.3 is 0 Å². The molecule has 11 rings (SSSR count). The molecule has 0 atom stereocenters. The van der Waals surface area contributed by atoms with Gasteiger partial charge in [0.2, 0.25) is 0 Å². The number of furan rings is 1. The molecule has 0 aliphatic heterocycles. The molecule has 1 aliphatic rings. The summed E-state index contributed by atoms with van der Waals surface area (Å²) in [5, 5.41) is 3.09. The lowest BCUT2D eigenvalue weighted by Crippen LogP contribution is -2.14. The van der Waals surface area contributed by atoms with E-state index in [2.05, 4.69) is 111 Å². The van der Waals surface area contributed by atoms with Crippen LogP contribution in [0.1, 0.15) is 25.0 Å². The highest BCUT2D eigenvalue weighted by atomic mass is 16.3. The Balaban J connectivity index is 1.17. The van der Waals surface area contributed by atoms with Crippen LogP contribution < -0.4 is 0 Å². The minimum atomic E-state index is -0.0777. The smallest absolute Gasteiger partial charge is 0.164 e. The van der Waals surface area contributed by atoms with Gasteiger partial charge in [0, 0.05) is 44.5 Å². The molecule has 10 aromatic rings. The Bertz CT molecular complexity index is 3170. The zero-order valence-electron chi connectivity index (χ0n) is 30.9. The molecule has 0 radical (unpaired) electrons. The van der Waals surface area contributed by atoms with E-state index in [0.717, 1.165) is 71.8 Å². The van der Waals surface area contributed by atoms with Crippen LogP contribution in [0.25, 0.3) is 100 Å². The van der Waals surface area contributed by atoms with E-state index in [9.17, 15) is 0 Å². The number of fused-ring (bicyclic) bond motifs is 7. The molecule has 3 heterocycles. The molecule has 0 fully saturated rings. The van der Waals surface area contributed by atoms with Crippen molar-refractivity contribution in [3.05, 3.63) is 181 Å². The summed E-state index contributed by atoms with van der Waals surface area (Å²) in [4.78, 5) is 20.3. The van der Waals surface area contributed by atoms with Crippen LogP contribution in [0.2, 0.25) is 0 Å². The average molecular weight is 719 g/mol. The molecule has 7 aromatic carbocycles. The molecule has 0 amide bonds. The van der Waals surface area contributed by atoms with Gasteiger partial charge in [-0.05, 0) is 93.0 Å². The molecule has 0 N–H and O–H groups in total. The highest BCUT2D eigenvalue weighted by Gasteiger charge is 2.35. The first-order valence-electron chi connectivity index (χ1n) is 19.0. The monoisotopic (exact) mass is 718 g/mol. The summed E-state index contributed by atoms with van der Waals surface area (Å²) < 4.78 is 6.30. The van der Waals surface area contributed by atoms with Crippen LogP contribution in [0.5, 0.6) is 0 Å². The second kappa shape index (κ2) is 12.4. The Labute approximate surface area is 324 Å². The molecule has 0 unspecified atom stereocenters. The number of aromatic nitrogens is 4. The summed E-state index contributed by atoms with van der Waals surface area (Å²) in [5.41, 5.74) is 14.8. The zero-order chi connectivity index (χ0) is 37.4. The number of pyridine rings is 1. The lowest BCUT2D eigenvalue weighted by Gasteiger charge is -2.21. The molecule has 5 nitrogen and oxygen atoms in total. The van der Waals surface area contributed by atoms with Crippen molar-refractivity contribution in [1.29, 1.82) is 0 Å². The quantitative estimate of drug-likeness (QED) is 0.177. The van der Waals surface area contributed by atoms with Crippen LogP contribution in [0.3, 0.4) is 0 Å². The van der Waals surface area contributed by atoms with Gasteiger partial charge in [0.1, 0.15) is 11.2 Å². The summed E-state index contributed by atoms with van der Waals surface area (Å²) in [6, 6.07) is 57.3. The third kappa shape index (κ3) is 5.09. The second-order valence-electron chi connectivity index (χ2n) is 15.1. The van der Waals surface area contributed by atoms with Gasteiger partial charge in [0.15, 0.2) is 17.5 Å². The first-order valence-corrected chi connectivity index (χ1v) is 19.0. The van der Waals surface area contributed by atoms with E-state index in [-0.39, 0.29) is 5.41 Å². The second-order valence-corrected chi connectivity index (χ2v) is 15.1. The Hall–Kier alpha value is -7.24. The van der Waals surface area contributed by atoms with Gasteiger partial charge in [0.05, 0.1) is 5.52 Å². The SMILES string of the molecule is CC1(C)c2ccccc2-c2cc(-c3cc(-c4nc(-c5ccccc5)nc(-c5cccc6oc7ccccc7c56)n4)cc(-c4cccc5ncccc45)c3)ccc21. The predicted molar refractivity (Wildman–Crippen MR) is 227 cm³/mol. The van der Waals surface area contributed by atoms with E-state index in [0.29, 0.717) is 17.5 Å². The first-order chi connectivity index (χ1) is 27.5. The molecule has 56 heavy (non-hydrogen) atoms. The maximum atomic E-state index is 6.30. The highest BCUT2D eigenvalue weighted by Crippen LogP contribution is 2.50. The predicted octanol–water partition coefficient (Wildman–Crippen LogP) is 13.0. The molecule has 0 saturated carbocycles. The van der Waals surface area contributed by atoms with Crippen molar-refractivity contribution in [2.24, 2.45) is 0 Å². The van der Waals surface area contributed by atoms with Gasteiger partial charge in [-0.2, -0.15) is 0 Å². The number of para-hydroxylation sites is 1. The summed E-state index contributed by atoms with van der Waals surface area (Å²) in [7, 11) is 0. The van der Waals surface area contributed by atoms with Gasteiger partial charge in [-0.25, -0.2) is 15.0 Å². The van der Waals surface area contributed by atoms with Crippen LogP contribution in [0.15, 0.2) is 174 Å². The van der Waals surface area contributed by atoms with Crippen molar-refractivity contribution in [2.45, 2.75) is 19.3 Å². The summed E-state index contributed by atoms with van der Waals surface area (Å²) >= 11 is 0. The van der Waals surface area contributed by atoms with Gasteiger partial charge in [-0.3, -0.25) is 4.98 Å². The number of nitrogens with zero attached hydrogens (tertiary/aromatic N) is 4. The van der Waals surface area contributed by atoms with E-state index in [1.807, 2.05) is 72.9 Å². The van der Waals surface area contributed by atoms with Crippen molar-refractivity contribution < 1.29 is 4.42 Å². The maximum Gasteiger partial charge on any atom is 0.164 e. The Morgan fingerprint density at radius 2 is 1.07 bits per heavy atom. The topological polar surface area (TPSA) is 64.7 Å². The minimum Gasteiger partial charge on any atom is -0.456 e. The van der Waals surface area contributed by atoms with E-state index >= 15 is 0 Å². The molecule has 5 heteroatoms. The fraction of sp³-hybridized carbons (Fsp3) is 0.0588. The fourth-order valence-corrected chi connectivity index (χ4v) is 8.64. The van der Waals surface area contributed by atoms with E-state index in [4.69, 9.17) is 24.4 Å². The van der Waals surface area contributed by atoms with Crippen molar-refractivity contribution in [3.63, 3.8) is 0 Å². The molecule has 3 aromatic heterocycles. The van der Waals surface area contributed by atoms with Crippen molar-refractivity contribution in [2.75, 3.05) is 0 Å². The number of rotatable bonds is 5. The van der Waals surface area contributed by atoms with Gasteiger partial charge in [-0.1, -0.05) is 129 Å². The fourth-order valence-electron chi connectivity index (χ4n) is 8.64. The molecule has 264 valence electrons. The van der Waals surface area contributed by atoms with Crippen molar-refractivity contribution >= 4 is 32.8 Å². The highest BCUT2D eigenvalue weighted by molar-refractivity contribution is 6.11. The number of hydrogen-bond donors (Lipinski definition) is 0. The minimum absolute atomic E-state index is 0.0777. The van der Waals surface area contributed by atoms with Crippen LogP contribution in [0, 0.1) is 0 Å². The van der Waals surface area contributed by atoms with Crippen LogP contribution >= 0.6 is 0 Å². The van der Waals surface area contributed by atoms with Crippen LogP contribution in [-0.2, 0) is 5.41 Å². The van der Waals surface area contributed by atoms with Crippen molar-refractivity contribution in [3.8, 4) is 67.5 Å². The van der Waals surface area contributed by atoms with E-state index in [1.54, 1.807) is 0 Å². The van der Waals surface area contributed by atoms with E-state index in [1.165, 1.54) is 22.3 Å². The lowest BCUT2D eigenvalue weighted by atomic mass is 9.82. The van der Waals surface area contributed by atoms with Crippen LogP contribution in [0.4, 0.5) is 0 Å². The first kappa shape index (κ1) is 32.2. The van der Waals surface area contributed by atoms with E-state index < -0.39 is 0 Å². The standard InChI is InChI=1S/C51H34N4O/c1-51(2)42-20-8-6-15-37(42)41-30-32(24-25-43(41)51)33-27-34(36-17-10-21-44-38(36)19-12-26-52-44)29-35(28-33)49-53-48(31-13-4-3-5-14-31)54-50(55-49)40-18-11-23-46-47(40)39-16-7-9-22-45(39)56-46/h3-30H,1-2H3. The average Bonchev–Trinajstić information content (AvgIpc) is 3.75. The van der Waals surface area contributed by atoms with Gasteiger partial charge in [0.25, 0.3) is 0 Å². The Morgan fingerprint density at radius 1 is 0.411 bits per heavy atom. The Morgan fingerprint density at radius 3 is 1.98 bits per heavy atom. The number of hydrogen-bond acceptors (Lipinski definition) is 5. The molecule has 0 saturated heterocycles. The third-order valence-corrected chi connectivity index (χ3v) is 11.4. The van der Waals surface area contributed by atoms with Crippen LogP contribution in [-0.4, -0.2) is 19.9 Å². The molecular weight excluding hydrogens is 685 g/mol. The lowest BCUT2D eigenvalue weighted by molar-refractivity contribution is 0.660.